The van der Waals surface area contributed by atoms with Crippen LogP contribution in [0.2, 0.25) is 10.0 Å². The van der Waals surface area contributed by atoms with Crippen molar-refractivity contribution in [3.8, 4) is 5.88 Å². The second-order valence-corrected chi connectivity index (χ2v) is 6.30. The molecular formula is C16H18Cl2N4O. The molecule has 122 valence electrons. The van der Waals surface area contributed by atoms with Gasteiger partial charge in [0.05, 0.1) is 7.11 Å². The fourth-order valence-corrected chi connectivity index (χ4v) is 3.23. The molecule has 0 bridgehead atoms. The summed E-state index contributed by atoms with van der Waals surface area (Å²) in [6, 6.07) is 7.63. The average molecular weight is 353 g/mol. The molecule has 1 aliphatic rings. The Labute approximate surface area is 145 Å². The van der Waals surface area contributed by atoms with E-state index in [1.807, 2.05) is 18.2 Å². The molecule has 0 aliphatic carbocycles. The molecular weight excluding hydrogens is 335 g/mol. The first kappa shape index (κ1) is 16.3. The number of hydrogen-bond acceptors (Lipinski definition) is 5. The molecule has 2 heterocycles. The van der Waals surface area contributed by atoms with Crippen LogP contribution in [0.5, 0.6) is 5.88 Å². The van der Waals surface area contributed by atoms with Crippen LogP contribution >= 0.6 is 23.2 Å². The number of hydrogen-bond donors (Lipinski definition) is 1. The van der Waals surface area contributed by atoms with Crippen molar-refractivity contribution < 1.29 is 4.74 Å². The van der Waals surface area contributed by atoms with Crippen molar-refractivity contribution >= 4 is 29.2 Å². The summed E-state index contributed by atoms with van der Waals surface area (Å²) in [4.78, 5) is 10.8. The van der Waals surface area contributed by atoms with E-state index in [2.05, 4.69) is 20.2 Å². The Hall–Kier alpha value is -1.56. The number of anilines is 1. The first-order chi connectivity index (χ1) is 11.2. The van der Waals surface area contributed by atoms with Gasteiger partial charge in [0.1, 0.15) is 0 Å². The van der Waals surface area contributed by atoms with E-state index in [9.17, 15) is 0 Å². The molecule has 1 aliphatic heterocycles. The van der Waals surface area contributed by atoms with Crippen molar-refractivity contribution in [3.05, 3.63) is 46.1 Å². The molecule has 0 spiro atoms. The smallest absolute Gasteiger partial charge is 0.226 e. The van der Waals surface area contributed by atoms with Gasteiger partial charge in [0, 0.05) is 53.5 Å². The molecule has 3 rings (SSSR count). The van der Waals surface area contributed by atoms with Gasteiger partial charge in [-0.05, 0) is 18.6 Å². The zero-order valence-electron chi connectivity index (χ0n) is 12.8. The lowest BCUT2D eigenvalue weighted by Gasteiger charge is -2.18. The van der Waals surface area contributed by atoms with Crippen LogP contribution in [0.4, 0.5) is 5.95 Å². The van der Waals surface area contributed by atoms with Gasteiger partial charge in [-0.1, -0.05) is 29.3 Å². The number of likely N-dealkylation sites (tertiary alicyclic amines) is 1. The summed E-state index contributed by atoms with van der Waals surface area (Å²) in [6.45, 7) is 2.61. The normalized spacial score (nSPS) is 18.1. The molecule has 1 fully saturated rings. The first-order valence-corrected chi connectivity index (χ1v) is 8.20. The van der Waals surface area contributed by atoms with Gasteiger partial charge in [0.15, 0.2) is 0 Å². The largest absolute Gasteiger partial charge is 0.481 e. The maximum Gasteiger partial charge on any atom is 0.226 e. The molecule has 1 unspecified atom stereocenters. The number of ether oxygens (including phenoxy) is 1. The van der Waals surface area contributed by atoms with Gasteiger partial charge in [-0.25, -0.2) is 4.98 Å². The Morgan fingerprint density at radius 2 is 2.09 bits per heavy atom. The third-order valence-electron chi connectivity index (χ3n) is 3.89. The lowest BCUT2D eigenvalue weighted by Crippen LogP contribution is -2.26. The molecule has 1 N–H and O–H groups in total. The summed E-state index contributed by atoms with van der Waals surface area (Å²) in [5.41, 5.74) is 0.981. The van der Waals surface area contributed by atoms with E-state index in [0.717, 1.165) is 31.6 Å². The molecule has 0 saturated carbocycles. The van der Waals surface area contributed by atoms with Gasteiger partial charge in [0.25, 0.3) is 0 Å². The Kier molecular flexibility index (Phi) is 5.20. The Balaban J connectivity index is 1.60. The van der Waals surface area contributed by atoms with Gasteiger partial charge >= 0.3 is 0 Å². The zero-order valence-corrected chi connectivity index (χ0v) is 14.3. The van der Waals surface area contributed by atoms with E-state index in [1.54, 1.807) is 19.4 Å². The topological polar surface area (TPSA) is 50.3 Å². The number of nitrogens with zero attached hydrogens (tertiary/aromatic N) is 3. The number of benzene rings is 1. The summed E-state index contributed by atoms with van der Waals surface area (Å²) < 4.78 is 5.11. The third kappa shape index (κ3) is 4.05. The van der Waals surface area contributed by atoms with Crippen molar-refractivity contribution in [1.82, 2.24) is 14.9 Å². The minimum absolute atomic E-state index is 0.295. The van der Waals surface area contributed by atoms with Crippen molar-refractivity contribution in [2.45, 2.75) is 19.0 Å². The second kappa shape index (κ2) is 7.34. The molecule has 0 radical (unpaired) electrons. The van der Waals surface area contributed by atoms with Crippen LogP contribution in [0.3, 0.4) is 0 Å². The Morgan fingerprint density at radius 1 is 1.30 bits per heavy atom. The number of nitrogens with one attached hydrogen (secondary N) is 1. The fourth-order valence-electron chi connectivity index (χ4n) is 2.71. The molecule has 2 aromatic rings. The lowest BCUT2D eigenvalue weighted by molar-refractivity contribution is 0.328. The predicted molar refractivity (Wildman–Crippen MR) is 92.4 cm³/mol. The molecule has 5 nitrogen and oxygen atoms in total. The van der Waals surface area contributed by atoms with Crippen LogP contribution in [0.25, 0.3) is 0 Å². The number of rotatable bonds is 5. The van der Waals surface area contributed by atoms with Crippen LogP contribution in [0, 0.1) is 0 Å². The van der Waals surface area contributed by atoms with E-state index in [-0.39, 0.29) is 0 Å². The van der Waals surface area contributed by atoms with Crippen LogP contribution < -0.4 is 10.1 Å². The Bertz CT molecular complexity index is 663. The monoisotopic (exact) mass is 352 g/mol. The minimum Gasteiger partial charge on any atom is -0.481 e. The molecule has 1 atom stereocenters. The van der Waals surface area contributed by atoms with Gasteiger partial charge in [0.2, 0.25) is 11.8 Å². The maximum atomic E-state index is 6.25. The van der Waals surface area contributed by atoms with Crippen molar-refractivity contribution in [3.63, 3.8) is 0 Å². The SMILES string of the molecule is COc1ccnc(NC2CCN(Cc3c(Cl)cccc3Cl)C2)n1. The highest BCUT2D eigenvalue weighted by atomic mass is 35.5. The molecule has 23 heavy (non-hydrogen) atoms. The average Bonchev–Trinajstić information content (AvgIpc) is 2.98. The first-order valence-electron chi connectivity index (χ1n) is 7.44. The summed E-state index contributed by atoms with van der Waals surface area (Å²) in [5.74, 6) is 1.15. The molecule has 1 aromatic heterocycles. The zero-order chi connectivity index (χ0) is 16.2. The van der Waals surface area contributed by atoms with Crippen LogP contribution in [-0.2, 0) is 6.54 Å². The highest BCUT2D eigenvalue weighted by molar-refractivity contribution is 6.35. The number of aromatic nitrogens is 2. The minimum atomic E-state index is 0.295. The summed E-state index contributed by atoms with van der Waals surface area (Å²) >= 11 is 12.5. The predicted octanol–water partition coefficient (Wildman–Crippen LogP) is 3.48. The number of methoxy groups -OCH3 is 1. The quantitative estimate of drug-likeness (QED) is 0.892. The molecule has 1 saturated heterocycles. The van der Waals surface area contributed by atoms with E-state index >= 15 is 0 Å². The second-order valence-electron chi connectivity index (χ2n) is 5.49. The highest BCUT2D eigenvalue weighted by Crippen LogP contribution is 2.27. The van der Waals surface area contributed by atoms with E-state index in [0.29, 0.717) is 27.9 Å². The summed E-state index contributed by atoms with van der Waals surface area (Å²) in [7, 11) is 1.59. The van der Waals surface area contributed by atoms with E-state index in [1.165, 1.54) is 0 Å². The summed E-state index contributed by atoms with van der Waals surface area (Å²) in [5, 5.41) is 4.78. The molecule has 0 amide bonds. The van der Waals surface area contributed by atoms with Crippen molar-refractivity contribution in [2.75, 3.05) is 25.5 Å². The van der Waals surface area contributed by atoms with Gasteiger partial charge in [-0.15, -0.1) is 0 Å². The number of halogens is 2. The molecule has 1 aromatic carbocycles. The van der Waals surface area contributed by atoms with Crippen LogP contribution in [0.1, 0.15) is 12.0 Å². The standard InChI is InChI=1S/C16H18Cl2N4O/c1-23-15-5-7-19-16(21-15)20-11-6-8-22(9-11)10-12-13(17)3-2-4-14(12)18/h2-5,7,11H,6,8-10H2,1H3,(H,19,20,21). The maximum absolute atomic E-state index is 6.25. The third-order valence-corrected chi connectivity index (χ3v) is 4.60. The molecule has 7 heteroatoms. The van der Waals surface area contributed by atoms with Crippen LogP contribution in [0.15, 0.2) is 30.5 Å². The summed E-state index contributed by atoms with van der Waals surface area (Å²) in [6.07, 6.45) is 2.70. The van der Waals surface area contributed by atoms with Gasteiger partial charge < -0.3 is 10.1 Å². The highest BCUT2D eigenvalue weighted by Gasteiger charge is 2.24. The van der Waals surface area contributed by atoms with Crippen molar-refractivity contribution in [2.24, 2.45) is 0 Å². The van der Waals surface area contributed by atoms with E-state index in [4.69, 9.17) is 27.9 Å². The fraction of sp³-hybridized carbons (Fsp3) is 0.375. The van der Waals surface area contributed by atoms with Crippen LogP contribution in [-0.4, -0.2) is 41.1 Å². The lowest BCUT2D eigenvalue weighted by atomic mass is 10.2. The van der Waals surface area contributed by atoms with Gasteiger partial charge in [-0.2, -0.15) is 4.98 Å². The van der Waals surface area contributed by atoms with Crippen molar-refractivity contribution in [1.29, 1.82) is 0 Å². The van der Waals surface area contributed by atoms with E-state index < -0.39 is 0 Å². The van der Waals surface area contributed by atoms with Gasteiger partial charge in [-0.3, -0.25) is 4.90 Å². The Morgan fingerprint density at radius 3 is 2.83 bits per heavy atom.